The Morgan fingerprint density at radius 1 is 1.10 bits per heavy atom. The highest BCUT2D eigenvalue weighted by molar-refractivity contribution is 5.56. The SMILES string of the molecule is CCCNCc1ccc(N(CC)CC)c(C(F)(F)F)c1. The van der Waals surface area contributed by atoms with Crippen LogP contribution in [0.5, 0.6) is 0 Å². The van der Waals surface area contributed by atoms with Crippen molar-refractivity contribution >= 4 is 5.69 Å². The molecule has 0 bridgehead atoms. The molecule has 0 aliphatic heterocycles. The zero-order valence-electron chi connectivity index (χ0n) is 12.3. The van der Waals surface area contributed by atoms with E-state index in [4.69, 9.17) is 0 Å². The Bertz CT molecular complexity index is 412. The lowest BCUT2D eigenvalue weighted by Crippen LogP contribution is -2.25. The third kappa shape index (κ3) is 4.40. The molecular weight excluding hydrogens is 265 g/mol. The largest absolute Gasteiger partial charge is 0.418 e. The first-order chi connectivity index (χ1) is 9.43. The van der Waals surface area contributed by atoms with Gasteiger partial charge in [0.2, 0.25) is 0 Å². The molecule has 0 saturated heterocycles. The number of anilines is 1. The molecule has 0 spiro atoms. The van der Waals surface area contributed by atoms with Crippen molar-refractivity contribution in [2.45, 2.75) is 39.9 Å². The number of alkyl halides is 3. The first kappa shape index (κ1) is 16.8. The summed E-state index contributed by atoms with van der Waals surface area (Å²) in [5.74, 6) is 0. The van der Waals surface area contributed by atoms with Crippen molar-refractivity contribution < 1.29 is 13.2 Å². The predicted molar refractivity (Wildman–Crippen MR) is 77.0 cm³/mol. The number of rotatable bonds is 7. The summed E-state index contributed by atoms with van der Waals surface area (Å²) in [5, 5.41) is 3.13. The zero-order chi connectivity index (χ0) is 15.2. The minimum Gasteiger partial charge on any atom is -0.372 e. The van der Waals surface area contributed by atoms with Gasteiger partial charge in [0.1, 0.15) is 0 Å². The van der Waals surface area contributed by atoms with Gasteiger partial charge in [-0.15, -0.1) is 0 Å². The number of halogens is 3. The molecule has 114 valence electrons. The summed E-state index contributed by atoms with van der Waals surface area (Å²) in [4.78, 5) is 1.73. The molecule has 1 aromatic rings. The zero-order valence-corrected chi connectivity index (χ0v) is 12.3. The summed E-state index contributed by atoms with van der Waals surface area (Å²) in [6.07, 6.45) is -3.36. The molecule has 1 aromatic carbocycles. The number of hydrogen-bond acceptors (Lipinski definition) is 2. The Labute approximate surface area is 119 Å². The second kappa shape index (κ2) is 7.53. The van der Waals surface area contributed by atoms with Crippen molar-refractivity contribution in [1.82, 2.24) is 5.32 Å². The molecule has 0 heterocycles. The van der Waals surface area contributed by atoms with Gasteiger partial charge in [-0.25, -0.2) is 0 Å². The summed E-state index contributed by atoms with van der Waals surface area (Å²) in [7, 11) is 0. The van der Waals surface area contributed by atoms with Crippen LogP contribution in [0, 0.1) is 0 Å². The van der Waals surface area contributed by atoms with E-state index in [9.17, 15) is 13.2 Å². The van der Waals surface area contributed by atoms with Crippen LogP contribution in [0.25, 0.3) is 0 Å². The summed E-state index contributed by atoms with van der Waals surface area (Å²) < 4.78 is 39.6. The molecule has 1 N–H and O–H groups in total. The molecule has 0 atom stereocenters. The highest BCUT2D eigenvalue weighted by Gasteiger charge is 2.34. The Hall–Kier alpha value is -1.23. The number of nitrogens with zero attached hydrogens (tertiary/aromatic N) is 1. The number of benzene rings is 1. The Morgan fingerprint density at radius 3 is 2.25 bits per heavy atom. The van der Waals surface area contributed by atoms with Crippen molar-refractivity contribution in [3.8, 4) is 0 Å². The van der Waals surface area contributed by atoms with Crippen LogP contribution in [0.1, 0.15) is 38.3 Å². The Balaban J connectivity index is 3.07. The van der Waals surface area contributed by atoms with E-state index >= 15 is 0 Å². The molecule has 0 aliphatic carbocycles. The van der Waals surface area contributed by atoms with E-state index in [0.717, 1.165) is 13.0 Å². The highest BCUT2D eigenvalue weighted by atomic mass is 19.4. The maximum Gasteiger partial charge on any atom is 0.418 e. The Morgan fingerprint density at radius 2 is 1.75 bits per heavy atom. The van der Waals surface area contributed by atoms with Gasteiger partial charge in [0.05, 0.1) is 5.56 Å². The average molecular weight is 288 g/mol. The molecule has 0 amide bonds. The predicted octanol–water partition coefficient (Wildman–Crippen LogP) is 4.05. The van der Waals surface area contributed by atoms with Gasteiger partial charge in [0, 0.05) is 25.3 Å². The lowest BCUT2D eigenvalue weighted by molar-refractivity contribution is -0.137. The van der Waals surface area contributed by atoms with Crippen molar-refractivity contribution in [3.63, 3.8) is 0 Å². The Kier molecular flexibility index (Phi) is 6.33. The van der Waals surface area contributed by atoms with Crippen LogP contribution in [-0.4, -0.2) is 19.6 Å². The minimum atomic E-state index is -4.32. The van der Waals surface area contributed by atoms with Gasteiger partial charge >= 0.3 is 6.18 Å². The fourth-order valence-electron chi connectivity index (χ4n) is 2.17. The molecule has 0 fully saturated rings. The number of hydrogen-bond donors (Lipinski definition) is 1. The second-order valence-electron chi connectivity index (χ2n) is 4.70. The van der Waals surface area contributed by atoms with Crippen LogP contribution in [0.15, 0.2) is 18.2 Å². The van der Waals surface area contributed by atoms with Crippen molar-refractivity contribution in [2.75, 3.05) is 24.5 Å². The second-order valence-corrected chi connectivity index (χ2v) is 4.70. The van der Waals surface area contributed by atoms with Gasteiger partial charge < -0.3 is 10.2 Å². The van der Waals surface area contributed by atoms with Crippen molar-refractivity contribution in [2.24, 2.45) is 0 Å². The van der Waals surface area contributed by atoms with Gasteiger partial charge in [-0.1, -0.05) is 13.0 Å². The molecule has 0 unspecified atom stereocenters. The van der Waals surface area contributed by atoms with Crippen LogP contribution in [-0.2, 0) is 12.7 Å². The quantitative estimate of drug-likeness (QED) is 0.761. The smallest absolute Gasteiger partial charge is 0.372 e. The van der Waals surface area contributed by atoms with Gasteiger partial charge in [0.15, 0.2) is 0 Å². The van der Waals surface area contributed by atoms with Crippen molar-refractivity contribution in [1.29, 1.82) is 0 Å². The number of nitrogens with one attached hydrogen (secondary N) is 1. The monoisotopic (exact) mass is 288 g/mol. The minimum absolute atomic E-state index is 0.266. The molecule has 5 heteroatoms. The molecule has 1 rings (SSSR count). The lowest BCUT2D eigenvalue weighted by atomic mass is 10.1. The van der Waals surface area contributed by atoms with E-state index in [1.165, 1.54) is 6.07 Å². The standard InChI is InChI=1S/C15H23F3N2/c1-4-9-19-11-12-7-8-14(20(5-2)6-3)13(10-12)15(16,17)18/h7-8,10,19H,4-6,9,11H2,1-3H3. The van der Waals surface area contributed by atoms with Crippen molar-refractivity contribution in [3.05, 3.63) is 29.3 Å². The molecular formula is C15H23F3N2. The third-order valence-corrected chi connectivity index (χ3v) is 3.23. The van der Waals surface area contributed by atoms with Gasteiger partial charge in [-0.2, -0.15) is 13.2 Å². The molecule has 2 nitrogen and oxygen atoms in total. The molecule has 0 aromatic heterocycles. The van der Waals surface area contributed by atoms with E-state index in [1.54, 1.807) is 17.0 Å². The fourth-order valence-corrected chi connectivity index (χ4v) is 2.17. The van der Waals surface area contributed by atoms with Crippen LogP contribution in [0.2, 0.25) is 0 Å². The lowest BCUT2D eigenvalue weighted by Gasteiger charge is -2.25. The molecule has 0 radical (unpaired) electrons. The van der Waals surface area contributed by atoms with Gasteiger partial charge in [-0.3, -0.25) is 0 Å². The maximum absolute atomic E-state index is 13.2. The van der Waals surface area contributed by atoms with E-state index in [1.807, 2.05) is 20.8 Å². The normalized spacial score (nSPS) is 11.7. The van der Waals surface area contributed by atoms with Crippen LogP contribution < -0.4 is 10.2 Å². The first-order valence-corrected chi connectivity index (χ1v) is 7.09. The molecule has 20 heavy (non-hydrogen) atoms. The fraction of sp³-hybridized carbons (Fsp3) is 0.600. The summed E-state index contributed by atoms with van der Waals surface area (Å²) in [6, 6.07) is 4.61. The van der Waals surface area contributed by atoms with E-state index in [-0.39, 0.29) is 5.69 Å². The van der Waals surface area contributed by atoms with Gasteiger partial charge in [0.25, 0.3) is 0 Å². The molecule has 0 aliphatic rings. The van der Waals surface area contributed by atoms with E-state index in [0.29, 0.717) is 25.2 Å². The molecule has 0 saturated carbocycles. The highest BCUT2D eigenvalue weighted by Crippen LogP contribution is 2.37. The van der Waals surface area contributed by atoms with Gasteiger partial charge in [-0.05, 0) is 44.5 Å². The maximum atomic E-state index is 13.2. The van der Waals surface area contributed by atoms with E-state index in [2.05, 4.69) is 5.32 Å². The summed E-state index contributed by atoms with van der Waals surface area (Å²) in [5.41, 5.74) is 0.389. The van der Waals surface area contributed by atoms with E-state index < -0.39 is 11.7 Å². The van der Waals surface area contributed by atoms with Crippen LogP contribution in [0.3, 0.4) is 0 Å². The van der Waals surface area contributed by atoms with Crippen LogP contribution >= 0.6 is 0 Å². The van der Waals surface area contributed by atoms with Crippen LogP contribution in [0.4, 0.5) is 18.9 Å². The first-order valence-electron chi connectivity index (χ1n) is 7.09. The average Bonchev–Trinajstić information content (AvgIpc) is 2.40. The summed E-state index contributed by atoms with van der Waals surface area (Å²) >= 11 is 0. The topological polar surface area (TPSA) is 15.3 Å². The third-order valence-electron chi connectivity index (χ3n) is 3.23. The summed E-state index contributed by atoms with van der Waals surface area (Å²) in [6.45, 7) is 8.15.